The molecule has 0 unspecified atom stereocenters. The predicted octanol–water partition coefficient (Wildman–Crippen LogP) is -1.14. The smallest absolute Gasteiger partial charge is 0.330 e. The van der Waals surface area contributed by atoms with Crippen LogP contribution in [0.3, 0.4) is 0 Å². The van der Waals surface area contributed by atoms with Crippen molar-refractivity contribution in [3.05, 3.63) is 27.0 Å². The zero-order valence-corrected chi connectivity index (χ0v) is 8.67. The van der Waals surface area contributed by atoms with Gasteiger partial charge in [0.1, 0.15) is 18.5 Å². The monoisotopic (exact) mass is 246 g/mol. The fourth-order valence-corrected chi connectivity index (χ4v) is 1.71. The molecule has 0 aromatic carbocycles. The summed E-state index contributed by atoms with van der Waals surface area (Å²) >= 11 is 0. The summed E-state index contributed by atoms with van der Waals surface area (Å²) in [7, 11) is 0. The van der Waals surface area contributed by atoms with E-state index in [1.807, 2.05) is 4.98 Å². The van der Waals surface area contributed by atoms with E-state index in [1.54, 1.807) is 0 Å². The molecule has 1 aliphatic rings. The number of hydrogen-bond donors (Lipinski definition) is 3. The fraction of sp³-hybridized carbons (Fsp3) is 0.556. The Morgan fingerprint density at radius 3 is 2.88 bits per heavy atom. The normalized spacial score (nSPS) is 28.5. The average molecular weight is 246 g/mol. The maximum atomic E-state index is 13.3. The van der Waals surface area contributed by atoms with Gasteiger partial charge in [-0.15, -0.1) is 0 Å². The van der Waals surface area contributed by atoms with E-state index in [-0.39, 0.29) is 6.42 Å². The largest absolute Gasteiger partial charge is 0.502 e. The molecule has 8 heteroatoms. The van der Waals surface area contributed by atoms with Crippen LogP contribution in [0.1, 0.15) is 12.6 Å². The molecule has 0 saturated carbocycles. The number of hydrogen-bond acceptors (Lipinski definition) is 5. The van der Waals surface area contributed by atoms with Gasteiger partial charge in [0.2, 0.25) is 0 Å². The molecule has 0 amide bonds. The topological polar surface area (TPSA) is 105 Å². The highest BCUT2D eigenvalue weighted by molar-refractivity contribution is 5.09. The van der Waals surface area contributed by atoms with E-state index in [0.717, 1.165) is 10.8 Å². The number of rotatable bonds is 2. The lowest BCUT2D eigenvalue weighted by Crippen LogP contribution is -2.32. The van der Waals surface area contributed by atoms with Crippen LogP contribution in [-0.2, 0) is 4.74 Å². The second kappa shape index (κ2) is 4.30. The zero-order valence-electron chi connectivity index (χ0n) is 8.67. The standard InChI is InChI=1S/C9H11FN2O5/c10-4-1-7(17-6(4)3-13)12-2-5(14)8(15)11-9(12)16/h2,4,6-7,13-14H,1,3H2,(H,11,15,16)/t4-,6+,7+/m0/s1. The summed E-state index contributed by atoms with van der Waals surface area (Å²) in [5.41, 5.74) is -1.72. The van der Waals surface area contributed by atoms with Crippen LogP contribution in [0.4, 0.5) is 4.39 Å². The van der Waals surface area contributed by atoms with Crippen LogP contribution in [0, 0.1) is 0 Å². The Kier molecular flexibility index (Phi) is 2.99. The van der Waals surface area contributed by atoms with Gasteiger partial charge in [-0.3, -0.25) is 14.3 Å². The SMILES string of the molecule is O=c1[nH]c(=O)n([C@H]2C[C@H](F)[C@@H](CO)O2)cc1O. The summed E-state index contributed by atoms with van der Waals surface area (Å²) in [6, 6.07) is 0. The van der Waals surface area contributed by atoms with Crippen molar-refractivity contribution in [2.45, 2.75) is 24.9 Å². The molecule has 0 spiro atoms. The molecular formula is C9H11FN2O5. The van der Waals surface area contributed by atoms with Crippen molar-refractivity contribution in [2.75, 3.05) is 6.61 Å². The minimum absolute atomic E-state index is 0.128. The highest BCUT2D eigenvalue weighted by Gasteiger charge is 2.36. The van der Waals surface area contributed by atoms with Gasteiger partial charge in [0.05, 0.1) is 12.8 Å². The molecule has 7 nitrogen and oxygen atoms in total. The van der Waals surface area contributed by atoms with Gasteiger partial charge in [-0.2, -0.15) is 0 Å². The van der Waals surface area contributed by atoms with Crippen LogP contribution in [-0.4, -0.2) is 38.6 Å². The summed E-state index contributed by atoms with van der Waals surface area (Å²) in [5.74, 6) is -0.656. The Hall–Kier alpha value is -1.67. The lowest BCUT2D eigenvalue weighted by Gasteiger charge is -2.13. The Morgan fingerprint density at radius 1 is 1.59 bits per heavy atom. The molecular weight excluding hydrogens is 235 g/mol. The van der Waals surface area contributed by atoms with E-state index in [2.05, 4.69) is 0 Å². The Bertz CT molecular complexity index is 525. The van der Waals surface area contributed by atoms with Crippen molar-refractivity contribution in [3.8, 4) is 5.75 Å². The molecule has 17 heavy (non-hydrogen) atoms. The number of aliphatic hydroxyl groups excluding tert-OH is 1. The number of H-pyrrole nitrogens is 1. The van der Waals surface area contributed by atoms with Crippen molar-refractivity contribution < 1.29 is 19.3 Å². The minimum Gasteiger partial charge on any atom is -0.502 e. The van der Waals surface area contributed by atoms with Crippen LogP contribution in [0.2, 0.25) is 0 Å². The molecule has 0 radical (unpaired) electrons. The van der Waals surface area contributed by atoms with E-state index in [4.69, 9.17) is 9.84 Å². The first-order valence-corrected chi connectivity index (χ1v) is 4.97. The molecule has 94 valence electrons. The van der Waals surface area contributed by atoms with Gasteiger partial charge < -0.3 is 14.9 Å². The summed E-state index contributed by atoms with van der Waals surface area (Å²) in [4.78, 5) is 24.2. The molecule has 0 aliphatic carbocycles. The molecule has 1 aromatic heterocycles. The number of halogens is 1. The summed E-state index contributed by atoms with van der Waals surface area (Å²) < 4.78 is 19.3. The number of nitrogens with zero attached hydrogens (tertiary/aromatic N) is 1. The maximum Gasteiger partial charge on any atom is 0.330 e. The van der Waals surface area contributed by atoms with E-state index >= 15 is 0 Å². The van der Waals surface area contributed by atoms with Gasteiger partial charge in [0.15, 0.2) is 5.75 Å². The number of alkyl halides is 1. The number of aliphatic hydroxyl groups is 1. The van der Waals surface area contributed by atoms with E-state index in [9.17, 15) is 19.1 Å². The Morgan fingerprint density at radius 2 is 2.29 bits per heavy atom. The van der Waals surface area contributed by atoms with Gasteiger partial charge in [-0.05, 0) is 0 Å². The van der Waals surface area contributed by atoms with Crippen molar-refractivity contribution in [2.24, 2.45) is 0 Å². The second-order valence-corrected chi connectivity index (χ2v) is 3.74. The number of nitrogens with one attached hydrogen (secondary N) is 1. The molecule has 0 bridgehead atoms. The molecule has 1 aromatic rings. The first kappa shape index (κ1) is 11.8. The van der Waals surface area contributed by atoms with Crippen LogP contribution in [0.15, 0.2) is 15.8 Å². The minimum atomic E-state index is -1.40. The van der Waals surface area contributed by atoms with Gasteiger partial charge >= 0.3 is 5.69 Å². The lowest BCUT2D eigenvalue weighted by atomic mass is 10.2. The number of aromatic hydroxyl groups is 1. The number of aromatic amines is 1. The van der Waals surface area contributed by atoms with E-state index < -0.39 is 42.1 Å². The van der Waals surface area contributed by atoms with Crippen molar-refractivity contribution in [1.82, 2.24) is 9.55 Å². The first-order valence-electron chi connectivity index (χ1n) is 4.97. The first-order chi connectivity index (χ1) is 8.02. The third-order valence-corrected chi connectivity index (χ3v) is 2.60. The van der Waals surface area contributed by atoms with Gasteiger partial charge in [-0.25, -0.2) is 9.18 Å². The molecule has 3 N–H and O–H groups in total. The van der Waals surface area contributed by atoms with Gasteiger partial charge in [0, 0.05) is 6.42 Å². The quantitative estimate of drug-likeness (QED) is 0.611. The highest BCUT2D eigenvalue weighted by atomic mass is 19.1. The molecule has 1 saturated heterocycles. The van der Waals surface area contributed by atoms with Crippen LogP contribution in [0.25, 0.3) is 0 Å². The predicted molar refractivity (Wildman–Crippen MR) is 53.5 cm³/mol. The van der Waals surface area contributed by atoms with Crippen LogP contribution >= 0.6 is 0 Å². The van der Waals surface area contributed by atoms with Gasteiger partial charge in [0.25, 0.3) is 5.56 Å². The number of ether oxygens (including phenoxy) is 1. The average Bonchev–Trinajstić information content (AvgIpc) is 2.65. The lowest BCUT2D eigenvalue weighted by molar-refractivity contribution is -0.0358. The maximum absolute atomic E-state index is 13.3. The van der Waals surface area contributed by atoms with Crippen molar-refractivity contribution in [3.63, 3.8) is 0 Å². The van der Waals surface area contributed by atoms with Crippen molar-refractivity contribution >= 4 is 0 Å². The molecule has 3 atom stereocenters. The molecule has 1 aliphatic heterocycles. The summed E-state index contributed by atoms with van der Waals surface area (Å²) in [6.45, 7) is -0.498. The second-order valence-electron chi connectivity index (χ2n) is 3.74. The van der Waals surface area contributed by atoms with Crippen LogP contribution in [0.5, 0.6) is 5.75 Å². The Labute approximate surface area is 94.1 Å². The van der Waals surface area contributed by atoms with E-state index in [0.29, 0.717) is 0 Å². The molecule has 2 heterocycles. The molecule has 1 fully saturated rings. The third kappa shape index (κ3) is 2.08. The zero-order chi connectivity index (χ0) is 12.6. The summed E-state index contributed by atoms with van der Waals surface area (Å²) in [6.07, 6.45) is -2.58. The van der Waals surface area contributed by atoms with Gasteiger partial charge in [-0.1, -0.05) is 0 Å². The number of aromatic nitrogens is 2. The Balaban J connectivity index is 2.34. The van der Waals surface area contributed by atoms with Crippen LogP contribution < -0.4 is 11.2 Å². The molecule has 2 rings (SSSR count). The third-order valence-electron chi connectivity index (χ3n) is 2.60. The fourth-order valence-electron chi connectivity index (χ4n) is 1.71. The van der Waals surface area contributed by atoms with E-state index in [1.165, 1.54) is 0 Å². The highest BCUT2D eigenvalue weighted by Crippen LogP contribution is 2.29. The van der Waals surface area contributed by atoms with Crippen molar-refractivity contribution in [1.29, 1.82) is 0 Å². The summed E-state index contributed by atoms with van der Waals surface area (Å²) in [5, 5.41) is 18.0.